The third-order valence-electron chi connectivity index (χ3n) is 10.4. The number of aromatic nitrogens is 1. The second kappa shape index (κ2) is 11.7. The molecule has 0 radical (unpaired) electrons. The van der Waals surface area contributed by atoms with Crippen molar-refractivity contribution in [3.8, 4) is 5.75 Å². The van der Waals surface area contributed by atoms with Gasteiger partial charge in [-0.3, -0.25) is 14.2 Å². The van der Waals surface area contributed by atoms with Crippen LogP contribution < -0.4 is 14.9 Å². The van der Waals surface area contributed by atoms with E-state index in [2.05, 4.69) is 12.1 Å². The molecule has 1 aromatic heterocycles. The van der Waals surface area contributed by atoms with Crippen LogP contribution >= 0.6 is 11.3 Å². The lowest BCUT2D eigenvalue weighted by Gasteiger charge is -2.57. The van der Waals surface area contributed by atoms with Crippen LogP contribution in [0.3, 0.4) is 0 Å². The van der Waals surface area contributed by atoms with Gasteiger partial charge >= 0.3 is 11.9 Å². The molecule has 8 rings (SSSR count). The van der Waals surface area contributed by atoms with Crippen LogP contribution in [0.4, 0.5) is 0 Å². The molecular weight excluding hydrogens is 600 g/mol. The number of phenols is 1. The highest BCUT2D eigenvalue weighted by molar-refractivity contribution is 7.07. The molecule has 1 N–H and O–H groups in total. The maximum absolute atomic E-state index is 14.2. The number of benzene rings is 2. The van der Waals surface area contributed by atoms with Gasteiger partial charge in [-0.1, -0.05) is 41.7 Å². The molecule has 0 amide bonds. The van der Waals surface area contributed by atoms with Crippen molar-refractivity contribution in [1.29, 1.82) is 0 Å². The fourth-order valence-corrected chi connectivity index (χ4v) is 9.88. The summed E-state index contributed by atoms with van der Waals surface area (Å²) >= 11 is 1.24. The van der Waals surface area contributed by atoms with Gasteiger partial charge in [-0.25, -0.2) is 9.79 Å². The molecule has 46 heavy (non-hydrogen) atoms. The number of fused-ring (bicyclic) bond motifs is 1. The van der Waals surface area contributed by atoms with Crippen LogP contribution in [0.5, 0.6) is 5.75 Å². The molecule has 0 unspecified atom stereocenters. The minimum absolute atomic E-state index is 0.114. The first-order chi connectivity index (χ1) is 22.0. The van der Waals surface area contributed by atoms with Gasteiger partial charge in [-0.2, -0.15) is 0 Å². The van der Waals surface area contributed by atoms with Crippen LogP contribution in [0.25, 0.3) is 6.08 Å². The van der Waals surface area contributed by atoms with Gasteiger partial charge in [-0.05, 0) is 117 Å². The number of aromatic hydroxyl groups is 1. The van der Waals surface area contributed by atoms with Gasteiger partial charge in [0.25, 0.3) is 5.56 Å². The van der Waals surface area contributed by atoms with Gasteiger partial charge in [0.15, 0.2) is 4.80 Å². The Balaban J connectivity index is 1.31. The number of rotatable bonds is 7. The summed E-state index contributed by atoms with van der Waals surface area (Å²) in [6.07, 6.45) is 9.21. The zero-order chi connectivity index (χ0) is 32.3. The highest BCUT2D eigenvalue weighted by Crippen LogP contribution is 2.60. The van der Waals surface area contributed by atoms with Crippen molar-refractivity contribution in [3.05, 3.63) is 95.7 Å². The predicted molar refractivity (Wildman–Crippen MR) is 175 cm³/mol. The molecule has 4 fully saturated rings. The van der Waals surface area contributed by atoms with Crippen LogP contribution in [-0.2, 0) is 30.9 Å². The summed E-state index contributed by atoms with van der Waals surface area (Å²) in [5.74, 6) is 1.63. The normalized spacial score (nSPS) is 26.7. The van der Waals surface area contributed by atoms with Crippen molar-refractivity contribution in [2.45, 2.75) is 83.3 Å². The van der Waals surface area contributed by atoms with Gasteiger partial charge in [0.2, 0.25) is 0 Å². The maximum atomic E-state index is 14.2. The highest BCUT2D eigenvalue weighted by atomic mass is 32.1. The highest BCUT2D eigenvalue weighted by Gasteiger charge is 2.51. The van der Waals surface area contributed by atoms with E-state index < -0.39 is 12.0 Å². The Morgan fingerprint density at radius 2 is 1.72 bits per heavy atom. The van der Waals surface area contributed by atoms with Crippen LogP contribution in [-0.4, -0.2) is 34.8 Å². The summed E-state index contributed by atoms with van der Waals surface area (Å²) < 4.78 is 12.4. The quantitative estimate of drug-likeness (QED) is 0.362. The van der Waals surface area contributed by atoms with E-state index in [1.807, 2.05) is 12.1 Å². The SMILES string of the molecule is COC(=O)Cc1ccc([C@@H]2C(C(=O)OC(C)C)=C(C)N=c3s/c(=C/c4cc(C56CC7CC(CC(C7)C5)C6)ccc4O)c(=O)n32)cc1. The molecule has 5 aliphatic rings. The Morgan fingerprint density at radius 3 is 2.33 bits per heavy atom. The van der Waals surface area contributed by atoms with Crippen LogP contribution in [0, 0.1) is 17.8 Å². The first-order valence-corrected chi connectivity index (χ1v) is 17.1. The molecule has 0 spiro atoms. The van der Waals surface area contributed by atoms with Crippen molar-refractivity contribution < 1.29 is 24.2 Å². The number of esters is 2. The van der Waals surface area contributed by atoms with Gasteiger partial charge in [0.05, 0.1) is 41.5 Å². The fraction of sp³-hybridized carbons (Fsp3) is 0.459. The average Bonchev–Trinajstić information content (AvgIpc) is 3.30. The van der Waals surface area contributed by atoms with Crippen molar-refractivity contribution in [2.75, 3.05) is 7.11 Å². The van der Waals surface area contributed by atoms with E-state index in [4.69, 9.17) is 14.5 Å². The smallest absolute Gasteiger partial charge is 0.338 e. The maximum Gasteiger partial charge on any atom is 0.338 e. The molecule has 9 heteroatoms. The van der Waals surface area contributed by atoms with E-state index in [1.54, 1.807) is 49.6 Å². The minimum Gasteiger partial charge on any atom is -0.507 e. The molecule has 4 saturated carbocycles. The van der Waals surface area contributed by atoms with Gasteiger partial charge in [0.1, 0.15) is 5.75 Å². The number of carbonyl (C=O) groups excluding carboxylic acids is 2. The van der Waals surface area contributed by atoms with E-state index in [0.29, 0.717) is 31.7 Å². The molecule has 0 saturated heterocycles. The third kappa shape index (κ3) is 5.42. The Labute approximate surface area is 272 Å². The van der Waals surface area contributed by atoms with E-state index in [0.717, 1.165) is 23.3 Å². The standard InChI is InChI=1S/C37H40N2O6S/c1-20(2)45-35(43)32-21(3)38-36-39(33(32)26-7-5-22(6-8-26)14-31(41)44-4)34(42)30(46-36)16-27-15-28(9-10-29(27)40)37-17-23-11-24(18-37)13-25(12-23)19-37/h5-10,15-16,20,23-25,33,40H,11-14,17-19H2,1-4H3/b30-16+/t23?,24?,25?,33-,37?/m1/s1. The number of hydrogen-bond acceptors (Lipinski definition) is 8. The van der Waals surface area contributed by atoms with Crippen LogP contribution in [0.2, 0.25) is 0 Å². The zero-order valence-electron chi connectivity index (χ0n) is 26.7. The molecule has 2 heterocycles. The van der Waals surface area contributed by atoms with E-state index in [-0.39, 0.29) is 35.2 Å². The molecule has 2 aromatic carbocycles. The van der Waals surface area contributed by atoms with E-state index in [1.165, 1.54) is 62.5 Å². The van der Waals surface area contributed by atoms with Gasteiger partial charge in [-0.15, -0.1) is 0 Å². The summed E-state index contributed by atoms with van der Waals surface area (Å²) in [5, 5.41) is 11.0. The monoisotopic (exact) mass is 640 g/mol. The summed E-state index contributed by atoms with van der Waals surface area (Å²) in [7, 11) is 1.35. The molecule has 4 bridgehead atoms. The summed E-state index contributed by atoms with van der Waals surface area (Å²) in [6, 6.07) is 12.4. The molecular formula is C37H40N2O6S. The number of methoxy groups -OCH3 is 1. The van der Waals surface area contributed by atoms with Crippen molar-refractivity contribution in [1.82, 2.24) is 4.57 Å². The van der Waals surface area contributed by atoms with Gasteiger partial charge in [0, 0.05) is 5.56 Å². The lowest BCUT2D eigenvalue weighted by Crippen LogP contribution is -2.48. The van der Waals surface area contributed by atoms with Crippen molar-refractivity contribution >= 4 is 29.4 Å². The summed E-state index contributed by atoms with van der Waals surface area (Å²) in [5.41, 5.74) is 3.97. The lowest BCUT2D eigenvalue weighted by atomic mass is 9.48. The molecule has 8 nitrogen and oxygen atoms in total. The van der Waals surface area contributed by atoms with Crippen molar-refractivity contribution in [3.63, 3.8) is 0 Å². The first-order valence-electron chi connectivity index (χ1n) is 16.3. The Kier molecular flexibility index (Phi) is 7.78. The number of nitrogens with zero attached hydrogens (tertiary/aromatic N) is 2. The first kappa shape index (κ1) is 30.7. The molecule has 1 aliphatic heterocycles. The zero-order valence-corrected chi connectivity index (χ0v) is 27.6. The summed E-state index contributed by atoms with van der Waals surface area (Å²) in [4.78, 5) is 44.7. The number of allylic oxidation sites excluding steroid dienone is 1. The molecule has 240 valence electrons. The average molecular weight is 641 g/mol. The van der Waals surface area contributed by atoms with Crippen LogP contribution in [0.1, 0.15) is 87.6 Å². The second-order valence-corrected chi connectivity index (χ2v) is 15.0. The van der Waals surface area contributed by atoms with Crippen LogP contribution in [0.15, 0.2) is 63.5 Å². The van der Waals surface area contributed by atoms with Gasteiger partial charge < -0.3 is 14.6 Å². The molecule has 3 aromatic rings. The topological polar surface area (TPSA) is 107 Å². The number of thiazole rings is 1. The number of ether oxygens (including phenoxy) is 2. The Morgan fingerprint density at radius 1 is 1.07 bits per heavy atom. The number of hydrogen-bond donors (Lipinski definition) is 1. The number of phenolic OH excluding ortho intramolecular Hbond substituents is 1. The third-order valence-corrected chi connectivity index (χ3v) is 11.4. The van der Waals surface area contributed by atoms with E-state index in [9.17, 15) is 19.5 Å². The fourth-order valence-electron chi connectivity index (χ4n) is 8.84. The lowest BCUT2D eigenvalue weighted by molar-refractivity contribution is -0.143. The van der Waals surface area contributed by atoms with Crippen molar-refractivity contribution in [2.24, 2.45) is 22.7 Å². The Bertz CT molecular complexity index is 1900. The largest absolute Gasteiger partial charge is 0.507 e. The second-order valence-electron chi connectivity index (χ2n) is 14.0. The number of carbonyl (C=O) groups is 2. The van der Waals surface area contributed by atoms with E-state index >= 15 is 0 Å². The minimum atomic E-state index is -0.774. The molecule has 1 atom stereocenters. The molecule has 4 aliphatic carbocycles. The summed E-state index contributed by atoms with van der Waals surface area (Å²) in [6.45, 7) is 5.32. The predicted octanol–water partition coefficient (Wildman–Crippen LogP) is 5.08. The Hall–Kier alpha value is -3.98.